The van der Waals surface area contributed by atoms with E-state index < -0.39 is 6.10 Å². The third-order valence-electron chi connectivity index (χ3n) is 3.47. The first-order valence-corrected chi connectivity index (χ1v) is 6.35. The highest BCUT2D eigenvalue weighted by atomic mass is 16.3. The first kappa shape index (κ1) is 12.1. The lowest BCUT2D eigenvalue weighted by Crippen LogP contribution is -2.36. The highest BCUT2D eigenvalue weighted by Gasteiger charge is 2.20. The van der Waals surface area contributed by atoms with E-state index in [0.717, 1.165) is 31.0 Å². The smallest absolute Gasteiger partial charge is 0.147 e. The van der Waals surface area contributed by atoms with Gasteiger partial charge in [-0.25, -0.2) is 0 Å². The van der Waals surface area contributed by atoms with E-state index in [-0.39, 0.29) is 0 Å². The molecule has 0 fully saturated rings. The molecule has 0 spiro atoms. The van der Waals surface area contributed by atoms with Gasteiger partial charge >= 0.3 is 0 Å². The largest absolute Gasteiger partial charge is 0.399 e. The molecule has 0 saturated carbocycles. The van der Waals surface area contributed by atoms with Crippen LogP contribution < -0.4 is 5.73 Å². The van der Waals surface area contributed by atoms with E-state index in [0.29, 0.717) is 12.2 Å². The molecule has 1 aromatic carbocycles. The molecule has 0 bridgehead atoms. The van der Waals surface area contributed by atoms with Crippen molar-refractivity contribution >= 4 is 5.69 Å². The molecule has 0 radical (unpaired) electrons. The second-order valence-corrected chi connectivity index (χ2v) is 4.86. The van der Waals surface area contributed by atoms with Gasteiger partial charge in [-0.15, -0.1) is 10.2 Å². The average Bonchev–Trinajstić information content (AvgIpc) is 2.87. The summed E-state index contributed by atoms with van der Waals surface area (Å²) in [6.07, 6.45) is 1.25. The summed E-state index contributed by atoms with van der Waals surface area (Å²) in [5.74, 6) is 0.954. The van der Waals surface area contributed by atoms with Gasteiger partial charge in [0.05, 0.1) is 12.6 Å². The molecule has 1 aromatic heterocycles. The van der Waals surface area contributed by atoms with E-state index >= 15 is 0 Å². The third-order valence-corrected chi connectivity index (χ3v) is 3.47. The molecule has 6 heteroatoms. The second kappa shape index (κ2) is 4.99. The molecule has 2 heterocycles. The van der Waals surface area contributed by atoms with Crippen LogP contribution in [0.3, 0.4) is 0 Å². The zero-order valence-electron chi connectivity index (χ0n) is 10.6. The number of fused-ring (bicyclic) bond motifs is 1. The predicted molar refractivity (Wildman–Crippen MR) is 71.1 cm³/mol. The van der Waals surface area contributed by atoms with Crippen LogP contribution in [0.5, 0.6) is 0 Å². The number of rotatable bonds is 3. The number of hydrogen-bond donors (Lipinski definition) is 2. The van der Waals surface area contributed by atoms with E-state index in [2.05, 4.69) is 15.1 Å². The summed E-state index contributed by atoms with van der Waals surface area (Å²) in [7, 11) is 0. The van der Waals surface area contributed by atoms with Gasteiger partial charge in [-0.05, 0) is 17.7 Å². The third kappa shape index (κ3) is 2.59. The second-order valence-electron chi connectivity index (χ2n) is 4.86. The zero-order chi connectivity index (χ0) is 13.2. The van der Waals surface area contributed by atoms with Gasteiger partial charge in [-0.2, -0.15) is 0 Å². The monoisotopic (exact) mass is 259 g/mol. The minimum atomic E-state index is -0.505. The van der Waals surface area contributed by atoms with Crippen molar-refractivity contribution in [2.24, 2.45) is 0 Å². The van der Waals surface area contributed by atoms with Gasteiger partial charge in [0.25, 0.3) is 0 Å². The summed E-state index contributed by atoms with van der Waals surface area (Å²) in [6.45, 7) is 3.09. The summed E-state index contributed by atoms with van der Waals surface area (Å²) in [4.78, 5) is 2.19. The predicted octanol–water partition coefficient (Wildman–Crippen LogP) is 0.409. The van der Waals surface area contributed by atoms with Crippen LogP contribution in [0.25, 0.3) is 0 Å². The number of nitrogens with zero attached hydrogens (tertiary/aromatic N) is 4. The molecule has 0 amide bonds. The lowest BCUT2D eigenvalue weighted by atomic mass is 10.1. The van der Waals surface area contributed by atoms with E-state index in [1.165, 1.54) is 0 Å². The van der Waals surface area contributed by atoms with Crippen LogP contribution in [-0.4, -0.2) is 37.9 Å². The molecule has 0 saturated heterocycles. The SMILES string of the molecule is Nc1ccc(C(O)CN2CCn3cnnc3C2)cc1. The Labute approximate surface area is 111 Å². The van der Waals surface area contributed by atoms with Crippen LogP contribution >= 0.6 is 0 Å². The molecule has 100 valence electrons. The van der Waals surface area contributed by atoms with Crippen molar-refractivity contribution in [3.63, 3.8) is 0 Å². The number of nitrogens with two attached hydrogens (primary N) is 1. The van der Waals surface area contributed by atoms with Crippen LogP contribution in [0, 0.1) is 0 Å². The number of aliphatic hydroxyl groups excluding tert-OH is 1. The van der Waals surface area contributed by atoms with Crippen LogP contribution in [0.4, 0.5) is 5.69 Å². The molecule has 1 aliphatic heterocycles. The van der Waals surface area contributed by atoms with Gasteiger partial charge in [-0.3, -0.25) is 4.90 Å². The van der Waals surface area contributed by atoms with Crippen LogP contribution in [0.2, 0.25) is 0 Å². The lowest BCUT2D eigenvalue weighted by Gasteiger charge is -2.28. The molecule has 1 unspecified atom stereocenters. The molecule has 1 aliphatic rings. The molecule has 0 aliphatic carbocycles. The van der Waals surface area contributed by atoms with Crippen LogP contribution in [0.1, 0.15) is 17.5 Å². The Hall–Kier alpha value is -1.92. The van der Waals surface area contributed by atoms with E-state index in [1.54, 1.807) is 6.33 Å². The maximum atomic E-state index is 10.2. The van der Waals surface area contributed by atoms with E-state index in [1.807, 2.05) is 28.8 Å². The minimum Gasteiger partial charge on any atom is -0.399 e. The summed E-state index contributed by atoms with van der Waals surface area (Å²) in [5, 5.41) is 18.2. The number of β-amino-alcohol motifs (C(OH)–C–C–N with tert-alkyl or cyclic N) is 1. The van der Waals surface area contributed by atoms with Crippen molar-refractivity contribution in [2.45, 2.75) is 19.2 Å². The van der Waals surface area contributed by atoms with Crippen molar-refractivity contribution < 1.29 is 5.11 Å². The minimum absolute atomic E-state index is 0.505. The summed E-state index contributed by atoms with van der Waals surface area (Å²) in [5.41, 5.74) is 7.24. The summed E-state index contributed by atoms with van der Waals surface area (Å²) < 4.78 is 2.05. The van der Waals surface area contributed by atoms with Crippen molar-refractivity contribution in [3.05, 3.63) is 42.0 Å². The highest BCUT2D eigenvalue weighted by molar-refractivity contribution is 5.39. The zero-order valence-corrected chi connectivity index (χ0v) is 10.6. The number of anilines is 1. The maximum Gasteiger partial charge on any atom is 0.147 e. The van der Waals surface area contributed by atoms with Gasteiger partial charge in [0.2, 0.25) is 0 Å². The Morgan fingerprint density at radius 3 is 2.84 bits per heavy atom. The molecule has 3 N–H and O–H groups in total. The fourth-order valence-corrected chi connectivity index (χ4v) is 2.34. The normalized spacial score (nSPS) is 17.1. The van der Waals surface area contributed by atoms with E-state index in [4.69, 9.17) is 5.73 Å². The Bertz CT molecular complexity index is 550. The highest BCUT2D eigenvalue weighted by Crippen LogP contribution is 2.18. The molecule has 19 heavy (non-hydrogen) atoms. The molecular weight excluding hydrogens is 242 g/mol. The molecular formula is C13H17N5O. The van der Waals surface area contributed by atoms with E-state index in [9.17, 15) is 5.11 Å². The standard InChI is InChI=1S/C13H17N5O/c14-11-3-1-10(2-4-11)12(19)7-17-5-6-18-9-15-16-13(18)8-17/h1-4,9,12,19H,5-8,14H2. The van der Waals surface area contributed by atoms with Gasteiger partial charge in [0, 0.05) is 25.3 Å². The first-order chi connectivity index (χ1) is 9.22. The summed E-state index contributed by atoms with van der Waals surface area (Å²) in [6, 6.07) is 7.36. The molecule has 3 rings (SSSR count). The number of aliphatic hydroxyl groups is 1. The fraction of sp³-hybridized carbons (Fsp3) is 0.385. The summed E-state index contributed by atoms with van der Waals surface area (Å²) >= 11 is 0. The van der Waals surface area contributed by atoms with Gasteiger partial charge in [0.15, 0.2) is 0 Å². The molecule has 2 aromatic rings. The number of benzene rings is 1. The fourth-order valence-electron chi connectivity index (χ4n) is 2.34. The first-order valence-electron chi connectivity index (χ1n) is 6.35. The van der Waals surface area contributed by atoms with Crippen molar-refractivity contribution in [1.82, 2.24) is 19.7 Å². The Morgan fingerprint density at radius 2 is 2.05 bits per heavy atom. The van der Waals surface area contributed by atoms with Crippen molar-refractivity contribution in [3.8, 4) is 0 Å². The Balaban J connectivity index is 1.64. The molecule has 6 nitrogen and oxygen atoms in total. The van der Waals surface area contributed by atoms with Crippen LogP contribution in [0.15, 0.2) is 30.6 Å². The lowest BCUT2D eigenvalue weighted by molar-refractivity contribution is 0.0962. The maximum absolute atomic E-state index is 10.2. The number of hydrogen-bond acceptors (Lipinski definition) is 5. The number of nitrogen functional groups attached to an aromatic ring is 1. The van der Waals surface area contributed by atoms with Crippen molar-refractivity contribution in [1.29, 1.82) is 0 Å². The van der Waals surface area contributed by atoms with Crippen molar-refractivity contribution in [2.75, 3.05) is 18.8 Å². The van der Waals surface area contributed by atoms with Gasteiger partial charge < -0.3 is 15.4 Å². The molecule has 1 atom stereocenters. The van der Waals surface area contributed by atoms with Crippen LogP contribution in [-0.2, 0) is 13.1 Å². The topological polar surface area (TPSA) is 80.2 Å². The quantitative estimate of drug-likeness (QED) is 0.780. The van der Waals surface area contributed by atoms with Gasteiger partial charge in [-0.1, -0.05) is 12.1 Å². The van der Waals surface area contributed by atoms with Gasteiger partial charge in [0.1, 0.15) is 12.2 Å². The number of aromatic nitrogens is 3. The Kier molecular flexibility index (Phi) is 3.18. The Morgan fingerprint density at radius 1 is 1.26 bits per heavy atom. The average molecular weight is 259 g/mol.